The average Bonchev–Trinajstić information content (AvgIpc) is 3.40. The molecule has 2 aliphatic heterocycles. The van der Waals surface area contributed by atoms with Gasteiger partial charge in [-0.2, -0.15) is 0 Å². The van der Waals surface area contributed by atoms with E-state index in [4.69, 9.17) is 9.15 Å². The van der Waals surface area contributed by atoms with Crippen LogP contribution in [0.15, 0.2) is 47.1 Å². The molecule has 1 unspecified atom stereocenters. The smallest absolute Gasteiger partial charge is 0.311 e. The maximum absolute atomic E-state index is 13.1. The summed E-state index contributed by atoms with van der Waals surface area (Å²) in [6.45, 7) is 3.45. The lowest BCUT2D eigenvalue weighted by Gasteiger charge is -2.46. The van der Waals surface area contributed by atoms with Crippen LogP contribution in [-0.4, -0.2) is 59.9 Å². The van der Waals surface area contributed by atoms with Crippen molar-refractivity contribution in [2.24, 2.45) is 5.92 Å². The van der Waals surface area contributed by atoms with Crippen LogP contribution in [0, 0.1) is 5.92 Å². The van der Waals surface area contributed by atoms with E-state index in [0.717, 1.165) is 5.56 Å². The van der Waals surface area contributed by atoms with Gasteiger partial charge in [0.2, 0.25) is 5.91 Å². The third kappa shape index (κ3) is 3.28. The number of likely N-dealkylation sites (tertiary alicyclic amines) is 2. The SMILES string of the molecule is CCN1C(=O)CC(C(=O)OC)C12CCN(C(=O)c1cccc(-c3ccco3)c1)CC2. The van der Waals surface area contributed by atoms with Crippen LogP contribution in [0.4, 0.5) is 0 Å². The fraction of sp³-hybridized carbons (Fsp3) is 0.435. The van der Waals surface area contributed by atoms with Gasteiger partial charge in [-0.05, 0) is 44.0 Å². The molecule has 1 atom stereocenters. The largest absolute Gasteiger partial charge is 0.469 e. The minimum Gasteiger partial charge on any atom is -0.469 e. The second-order valence-electron chi connectivity index (χ2n) is 7.87. The van der Waals surface area contributed by atoms with Crippen molar-refractivity contribution in [3.05, 3.63) is 48.2 Å². The standard InChI is InChI=1S/C23H26N2O5/c1-3-25-20(26)15-18(22(28)29-2)23(25)9-11-24(12-10-23)21(27)17-7-4-6-16(14-17)19-8-5-13-30-19/h4-8,13-14,18H,3,9-12,15H2,1-2H3. The maximum atomic E-state index is 13.1. The van der Waals surface area contributed by atoms with Crippen molar-refractivity contribution < 1.29 is 23.5 Å². The summed E-state index contributed by atoms with van der Waals surface area (Å²) in [4.78, 5) is 41.7. The lowest BCUT2D eigenvalue weighted by molar-refractivity contribution is -0.150. The van der Waals surface area contributed by atoms with E-state index in [1.807, 2.05) is 42.2 Å². The lowest BCUT2D eigenvalue weighted by Crippen LogP contribution is -2.58. The molecule has 2 amide bonds. The van der Waals surface area contributed by atoms with Crippen molar-refractivity contribution in [2.45, 2.75) is 31.7 Å². The van der Waals surface area contributed by atoms with Crippen molar-refractivity contribution in [3.63, 3.8) is 0 Å². The molecule has 2 fully saturated rings. The van der Waals surface area contributed by atoms with Crippen molar-refractivity contribution in [3.8, 4) is 11.3 Å². The number of ether oxygens (including phenoxy) is 1. The summed E-state index contributed by atoms with van der Waals surface area (Å²) in [6, 6.07) is 11.1. The zero-order valence-electron chi connectivity index (χ0n) is 17.3. The summed E-state index contributed by atoms with van der Waals surface area (Å²) in [7, 11) is 1.36. The van der Waals surface area contributed by atoms with Gasteiger partial charge in [0.25, 0.3) is 5.91 Å². The van der Waals surface area contributed by atoms with E-state index in [9.17, 15) is 14.4 Å². The van der Waals surface area contributed by atoms with Crippen molar-refractivity contribution >= 4 is 17.8 Å². The number of furan rings is 1. The summed E-state index contributed by atoms with van der Waals surface area (Å²) < 4.78 is 10.4. The van der Waals surface area contributed by atoms with Crippen molar-refractivity contribution in [1.29, 1.82) is 0 Å². The number of methoxy groups -OCH3 is 1. The monoisotopic (exact) mass is 410 g/mol. The number of hydrogen-bond donors (Lipinski definition) is 0. The first-order valence-corrected chi connectivity index (χ1v) is 10.3. The fourth-order valence-corrected chi connectivity index (χ4v) is 4.99. The Morgan fingerprint density at radius 1 is 1.20 bits per heavy atom. The number of benzene rings is 1. The Hall–Kier alpha value is -3.09. The number of nitrogens with zero attached hydrogens (tertiary/aromatic N) is 2. The molecule has 0 saturated carbocycles. The van der Waals surface area contributed by atoms with E-state index in [-0.39, 0.29) is 24.2 Å². The number of esters is 1. The van der Waals surface area contributed by atoms with Gasteiger partial charge in [-0.15, -0.1) is 0 Å². The Balaban J connectivity index is 1.52. The molecule has 1 aromatic heterocycles. The maximum Gasteiger partial charge on any atom is 0.311 e. The minimum absolute atomic E-state index is 0.0150. The molecule has 7 heteroatoms. The fourth-order valence-electron chi connectivity index (χ4n) is 4.99. The predicted octanol–water partition coefficient (Wildman–Crippen LogP) is 2.96. The van der Waals surface area contributed by atoms with Crippen LogP contribution in [-0.2, 0) is 14.3 Å². The molecular formula is C23H26N2O5. The molecule has 2 saturated heterocycles. The number of carbonyl (C=O) groups excluding carboxylic acids is 3. The molecule has 158 valence electrons. The van der Waals surface area contributed by atoms with Gasteiger partial charge < -0.3 is 19.0 Å². The molecule has 30 heavy (non-hydrogen) atoms. The van der Waals surface area contributed by atoms with Gasteiger partial charge in [0.05, 0.1) is 24.8 Å². The first kappa shape index (κ1) is 20.2. The molecule has 4 rings (SSSR count). The van der Waals surface area contributed by atoms with Gasteiger partial charge in [0, 0.05) is 37.2 Å². The first-order chi connectivity index (χ1) is 14.5. The number of carbonyl (C=O) groups is 3. The van der Waals surface area contributed by atoms with Crippen molar-refractivity contribution in [1.82, 2.24) is 9.80 Å². The van der Waals surface area contributed by atoms with E-state index >= 15 is 0 Å². The normalized spacial score (nSPS) is 20.6. The van der Waals surface area contributed by atoms with E-state index < -0.39 is 11.5 Å². The van der Waals surface area contributed by atoms with Gasteiger partial charge >= 0.3 is 5.97 Å². The molecule has 2 aliphatic rings. The molecule has 3 heterocycles. The van der Waals surface area contributed by atoms with E-state index in [1.54, 1.807) is 17.2 Å². The second-order valence-corrected chi connectivity index (χ2v) is 7.87. The molecule has 2 aromatic rings. The third-order valence-corrected chi connectivity index (χ3v) is 6.50. The van der Waals surface area contributed by atoms with Gasteiger partial charge in [0.1, 0.15) is 5.76 Å². The quantitative estimate of drug-likeness (QED) is 0.724. The molecule has 0 aliphatic carbocycles. The summed E-state index contributed by atoms with van der Waals surface area (Å²) in [5.74, 6) is -0.176. The Morgan fingerprint density at radius 3 is 2.60 bits per heavy atom. The predicted molar refractivity (Wildman–Crippen MR) is 110 cm³/mol. The van der Waals surface area contributed by atoms with Crippen molar-refractivity contribution in [2.75, 3.05) is 26.7 Å². The van der Waals surface area contributed by atoms with Crippen LogP contribution < -0.4 is 0 Å². The summed E-state index contributed by atoms with van der Waals surface area (Å²) in [5.41, 5.74) is 0.883. The zero-order chi connectivity index (χ0) is 21.3. The van der Waals surface area contributed by atoms with Crippen LogP contribution in [0.5, 0.6) is 0 Å². The molecular weight excluding hydrogens is 384 g/mol. The molecule has 0 bridgehead atoms. The van der Waals surface area contributed by atoms with E-state index in [2.05, 4.69) is 0 Å². The lowest BCUT2D eigenvalue weighted by atomic mass is 9.76. The van der Waals surface area contributed by atoms with Crippen LogP contribution in [0.3, 0.4) is 0 Å². The average molecular weight is 410 g/mol. The topological polar surface area (TPSA) is 80.1 Å². The van der Waals surface area contributed by atoms with Crippen LogP contribution in [0.25, 0.3) is 11.3 Å². The van der Waals surface area contributed by atoms with Crippen LogP contribution >= 0.6 is 0 Å². The van der Waals surface area contributed by atoms with Crippen LogP contribution in [0.2, 0.25) is 0 Å². The summed E-state index contributed by atoms with van der Waals surface area (Å²) in [5, 5.41) is 0. The molecule has 0 N–H and O–H groups in total. The van der Waals surface area contributed by atoms with Gasteiger partial charge in [-0.1, -0.05) is 12.1 Å². The van der Waals surface area contributed by atoms with Gasteiger partial charge in [-0.25, -0.2) is 0 Å². The Labute approximate surface area is 175 Å². The van der Waals surface area contributed by atoms with E-state index in [1.165, 1.54) is 7.11 Å². The number of piperidine rings is 1. The molecule has 1 aromatic carbocycles. The second kappa shape index (κ2) is 7.97. The molecule has 1 spiro atoms. The van der Waals surface area contributed by atoms with Gasteiger partial charge in [0.15, 0.2) is 0 Å². The third-order valence-electron chi connectivity index (χ3n) is 6.50. The molecule has 0 radical (unpaired) electrons. The zero-order valence-corrected chi connectivity index (χ0v) is 17.3. The molecule has 7 nitrogen and oxygen atoms in total. The first-order valence-electron chi connectivity index (χ1n) is 10.3. The van der Waals surface area contributed by atoms with Crippen LogP contribution in [0.1, 0.15) is 36.5 Å². The summed E-state index contributed by atoms with van der Waals surface area (Å²) >= 11 is 0. The van der Waals surface area contributed by atoms with E-state index in [0.29, 0.717) is 43.8 Å². The highest BCUT2D eigenvalue weighted by Crippen LogP contribution is 2.44. The number of hydrogen-bond acceptors (Lipinski definition) is 5. The Bertz CT molecular complexity index is 942. The van der Waals surface area contributed by atoms with Gasteiger partial charge in [-0.3, -0.25) is 14.4 Å². The number of rotatable bonds is 4. The summed E-state index contributed by atoms with van der Waals surface area (Å²) in [6.07, 6.45) is 2.92. The highest BCUT2D eigenvalue weighted by Gasteiger charge is 2.56. The Morgan fingerprint density at radius 2 is 1.97 bits per heavy atom. The minimum atomic E-state index is -0.564. The highest BCUT2D eigenvalue weighted by molar-refractivity contribution is 5.95. The Kier molecular flexibility index (Phi) is 5.37. The highest BCUT2D eigenvalue weighted by atomic mass is 16.5. The number of amides is 2.